The number of ether oxygens (including phenoxy) is 3. The molecule has 2 aromatic carbocycles. The zero-order valence-corrected chi connectivity index (χ0v) is 17.0. The van der Waals surface area contributed by atoms with E-state index in [9.17, 15) is 18.0 Å². The van der Waals surface area contributed by atoms with E-state index in [4.69, 9.17) is 14.2 Å². The van der Waals surface area contributed by atoms with Crippen molar-refractivity contribution in [3.05, 3.63) is 59.8 Å². The van der Waals surface area contributed by atoms with Gasteiger partial charge in [0.05, 0.1) is 19.7 Å². The molecule has 0 spiro atoms. The normalized spacial score (nSPS) is 11.3. The minimum absolute atomic E-state index is 0.140. The van der Waals surface area contributed by atoms with E-state index >= 15 is 0 Å². The number of nitrogens with one attached hydrogen (secondary N) is 1. The molecule has 0 radical (unpaired) electrons. The maximum atomic E-state index is 12.8. The average molecular weight is 434 g/mol. The van der Waals surface area contributed by atoms with Crippen LogP contribution in [0, 0.1) is 0 Å². The van der Waals surface area contributed by atoms with E-state index in [1.54, 1.807) is 32.4 Å². The first-order chi connectivity index (χ1) is 14.8. The third kappa shape index (κ3) is 5.78. The lowest BCUT2D eigenvalue weighted by molar-refractivity contribution is -0.141. The number of fused-ring (bicyclic) bond motifs is 1. The molecule has 6 nitrogen and oxygen atoms in total. The molecule has 1 N–H and O–H groups in total. The van der Waals surface area contributed by atoms with Gasteiger partial charge >= 0.3 is 6.18 Å². The van der Waals surface area contributed by atoms with Crippen LogP contribution in [0.5, 0.6) is 17.2 Å². The Morgan fingerprint density at radius 1 is 1.00 bits per heavy atom. The van der Waals surface area contributed by atoms with Crippen LogP contribution in [-0.2, 0) is 17.4 Å². The van der Waals surface area contributed by atoms with Gasteiger partial charge in [0.1, 0.15) is 11.4 Å². The highest BCUT2D eigenvalue weighted by Gasteiger charge is 2.32. The first kappa shape index (κ1) is 22.2. The Hall–Kier alpha value is -3.49. The van der Waals surface area contributed by atoms with E-state index in [1.165, 1.54) is 12.1 Å². The van der Waals surface area contributed by atoms with Crippen LogP contribution in [0.25, 0.3) is 10.9 Å². The molecule has 0 aliphatic rings. The summed E-state index contributed by atoms with van der Waals surface area (Å²) >= 11 is 0. The smallest absolute Gasteiger partial charge is 0.433 e. The number of aromatic nitrogens is 1. The molecule has 1 aromatic heterocycles. The van der Waals surface area contributed by atoms with Crippen LogP contribution in [-0.4, -0.2) is 38.3 Å². The second-order valence-corrected chi connectivity index (χ2v) is 6.63. The summed E-state index contributed by atoms with van der Waals surface area (Å²) in [7, 11) is 3.10. The lowest BCUT2D eigenvalue weighted by Gasteiger charge is -2.11. The standard InChI is InChI=1S/C22H21F3N2O4/c1-29-18-7-3-14(11-19(18)30-2)9-10-26-21(28)13-31-16-6-4-15-5-8-20(22(23,24)25)27-17(15)12-16/h3-8,11-12H,9-10,13H2,1-2H3,(H,26,28). The number of carbonyl (C=O) groups is 1. The van der Waals surface area contributed by atoms with Crippen LogP contribution in [0.15, 0.2) is 48.5 Å². The number of hydrogen-bond acceptors (Lipinski definition) is 5. The fraction of sp³-hybridized carbons (Fsp3) is 0.273. The van der Waals surface area contributed by atoms with E-state index in [0.29, 0.717) is 29.9 Å². The average Bonchev–Trinajstić information content (AvgIpc) is 2.76. The maximum Gasteiger partial charge on any atom is 0.433 e. The summed E-state index contributed by atoms with van der Waals surface area (Å²) in [4.78, 5) is 15.7. The number of hydrogen-bond donors (Lipinski definition) is 1. The van der Waals surface area contributed by atoms with Gasteiger partial charge in [0.25, 0.3) is 5.91 Å². The van der Waals surface area contributed by atoms with Crippen molar-refractivity contribution >= 4 is 16.8 Å². The zero-order valence-electron chi connectivity index (χ0n) is 17.0. The fourth-order valence-electron chi connectivity index (χ4n) is 2.93. The SMILES string of the molecule is COc1ccc(CCNC(=O)COc2ccc3ccc(C(F)(F)F)nc3c2)cc1OC. The second kappa shape index (κ2) is 9.55. The number of alkyl halides is 3. The topological polar surface area (TPSA) is 69.7 Å². The number of carbonyl (C=O) groups excluding carboxylic acids is 1. The third-order valence-electron chi connectivity index (χ3n) is 4.51. The summed E-state index contributed by atoms with van der Waals surface area (Å²) in [6.07, 6.45) is -3.95. The zero-order chi connectivity index (χ0) is 22.4. The van der Waals surface area contributed by atoms with Gasteiger partial charge in [0.2, 0.25) is 0 Å². The molecule has 0 aliphatic carbocycles. The molecule has 0 saturated carbocycles. The highest BCUT2D eigenvalue weighted by molar-refractivity contribution is 5.81. The molecule has 1 amide bonds. The van der Waals surface area contributed by atoms with Gasteiger partial charge in [0.15, 0.2) is 18.1 Å². The van der Waals surface area contributed by atoms with Crippen molar-refractivity contribution in [2.24, 2.45) is 0 Å². The molecule has 0 saturated heterocycles. The highest BCUT2D eigenvalue weighted by atomic mass is 19.4. The van der Waals surface area contributed by atoms with Crippen molar-refractivity contribution in [2.45, 2.75) is 12.6 Å². The van der Waals surface area contributed by atoms with Gasteiger partial charge in [-0.25, -0.2) is 4.98 Å². The van der Waals surface area contributed by atoms with Gasteiger partial charge in [-0.05, 0) is 42.3 Å². The Balaban J connectivity index is 1.53. The molecule has 0 unspecified atom stereocenters. The van der Waals surface area contributed by atoms with E-state index < -0.39 is 11.9 Å². The van der Waals surface area contributed by atoms with E-state index in [-0.39, 0.29) is 23.8 Å². The van der Waals surface area contributed by atoms with Gasteiger partial charge in [0, 0.05) is 18.0 Å². The molecule has 9 heteroatoms. The van der Waals surface area contributed by atoms with E-state index in [0.717, 1.165) is 11.6 Å². The number of methoxy groups -OCH3 is 2. The molecule has 1 heterocycles. The molecule has 164 valence electrons. The fourth-order valence-corrected chi connectivity index (χ4v) is 2.93. The van der Waals surface area contributed by atoms with Gasteiger partial charge in [-0.3, -0.25) is 4.79 Å². The van der Waals surface area contributed by atoms with Crippen molar-refractivity contribution in [2.75, 3.05) is 27.4 Å². The van der Waals surface area contributed by atoms with E-state index in [2.05, 4.69) is 10.3 Å². The van der Waals surface area contributed by atoms with Gasteiger partial charge in [-0.2, -0.15) is 13.2 Å². The van der Waals surface area contributed by atoms with Gasteiger partial charge in [-0.15, -0.1) is 0 Å². The Labute approximate surface area is 176 Å². The highest BCUT2D eigenvalue weighted by Crippen LogP contribution is 2.30. The molecular weight excluding hydrogens is 413 g/mol. The molecule has 0 fully saturated rings. The lowest BCUT2D eigenvalue weighted by Crippen LogP contribution is -2.30. The summed E-state index contributed by atoms with van der Waals surface area (Å²) in [5.74, 6) is 1.14. The number of rotatable bonds is 8. The molecule has 0 bridgehead atoms. The number of benzene rings is 2. The number of nitrogens with zero attached hydrogens (tertiary/aromatic N) is 1. The van der Waals surface area contributed by atoms with Gasteiger partial charge in [-0.1, -0.05) is 12.1 Å². The lowest BCUT2D eigenvalue weighted by atomic mass is 10.1. The Morgan fingerprint density at radius 3 is 2.45 bits per heavy atom. The van der Waals surface area contributed by atoms with Crippen LogP contribution < -0.4 is 19.5 Å². The van der Waals surface area contributed by atoms with E-state index in [1.807, 2.05) is 12.1 Å². The summed E-state index contributed by atoms with van der Waals surface area (Å²) in [5.41, 5.74) is 0.117. The Bertz CT molecular complexity index is 1070. The number of halogens is 3. The summed E-state index contributed by atoms with van der Waals surface area (Å²) in [6.45, 7) is 0.113. The van der Waals surface area contributed by atoms with Crippen LogP contribution in [0.3, 0.4) is 0 Å². The first-order valence-corrected chi connectivity index (χ1v) is 9.38. The van der Waals surface area contributed by atoms with Crippen molar-refractivity contribution < 1.29 is 32.2 Å². The predicted molar refractivity (Wildman–Crippen MR) is 108 cm³/mol. The first-order valence-electron chi connectivity index (χ1n) is 9.38. The number of amides is 1. The molecule has 3 rings (SSSR count). The van der Waals surface area contributed by atoms with Crippen LogP contribution in [0.4, 0.5) is 13.2 Å². The second-order valence-electron chi connectivity index (χ2n) is 6.63. The summed E-state index contributed by atoms with van der Waals surface area (Å²) < 4.78 is 54.3. The molecule has 0 atom stereocenters. The van der Waals surface area contributed by atoms with Crippen LogP contribution in [0.1, 0.15) is 11.3 Å². The maximum absolute atomic E-state index is 12.8. The summed E-state index contributed by atoms with van der Waals surface area (Å²) in [5, 5.41) is 3.27. The summed E-state index contributed by atoms with van der Waals surface area (Å²) in [6, 6.07) is 12.3. The van der Waals surface area contributed by atoms with Crippen LogP contribution in [0.2, 0.25) is 0 Å². The monoisotopic (exact) mass is 434 g/mol. The molecule has 0 aliphatic heterocycles. The minimum atomic E-state index is -4.53. The number of pyridine rings is 1. The molecular formula is C22H21F3N2O4. The minimum Gasteiger partial charge on any atom is -0.493 e. The largest absolute Gasteiger partial charge is 0.493 e. The molecule has 31 heavy (non-hydrogen) atoms. The van der Waals surface area contributed by atoms with Crippen LogP contribution >= 0.6 is 0 Å². The Kier molecular flexibility index (Phi) is 6.84. The van der Waals surface area contributed by atoms with Crippen molar-refractivity contribution in [3.63, 3.8) is 0 Å². The van der Waals surface area contributed by atoms with Crippen molar-refractivity contribution in [1.29, 1.82) is 0 Å². The Morgan fingerprint density at radius 2 is 1.74 bits per heavy atom. The third-order valence-corrected chi connectivity index (χ3v) is 4.51. The van der Waals surface area contributed by atoms with Crippen molar-refractivity contribution in [1.82, 2.24) is 10.3 Å². The predicted octanol–water partition coefficient (Wildman–Crippen LogP) is 4.01. The quantitative estimate of drug-likeness (QED) is 0.580. The molecule has 3 aromatic rings. The van der Waals surface area contributed by atoms with Gasteiger partial charge < -0.3 is 19.5 Å². The van der Waals surface area contributed by atoms with Crippen molar-refractivity contribution in [3.8, 4) is 17.2 Å².